The van der Waals surface area contributed by atoms with Crippen molar-refractivity contribution in [2.45, 2.75) is 19.3 Å². The van der Waals surface area contributed by atoms with Crippen molar-refractivity contribution in [1.82, 2.24) is 0 Å². The van der Waals surface area contributed by atoms with E-state index in [0.717, 1.165) is 45.6 Å². The first kappa shape index (κ1) is 13.4. The Morgan fingerprint density at radius 2 is 1.94 bits per heavy atom. The average molecular weight is 249 g/mol. The largest absolute Gasteiger partial charge is 0.385 e. The second kappa shape index (κ2) is 6.76. The zero-order valence-corrected chi connectivity index (χ0v) is 11.2. The van der Waals surface area contributed by atoms with Crippen molar-refractivity contribution in [3.63, 3.8) is 0 Å². The topological polar surface area (TPSA) is 30.5 Å². The van der Waals surface area contributed by atoms with Gasteiger partial charge in [0.25, 0.3) is 0 Å². The van der Waals surface area contributed by atoms with Crippen molar-refractivity contribution in [2.24, 2.45) is 5.41 Å². The lowest BCUT2D eigenvalue weighted by molar-refractivity contribution is 0.00500. The summed E-state index contributed by atoms with van der Waals surface area (Å²) in [4.78, 5) is 0. The number of rotatable bonds is 6. The summed E-state index contributed by atoms with van der Waals surface area (Å²) in [5, 5.41) is 3.55. The number of benzene rings is 1. The smallest absolute Gasteiger partial charge is 0.0472 e. The Morgan fingerprint density at radius 1 is 1.22 bits per heavy atom. The average Bonchev–Trinajstić information content (AvgIpc) is 2.45. The number of methoxy groups -OCH3 is 1. The molecule has 0 saturated carbocycles. The summed E-state index contributed by atoms with van der Waals surface area (Å²) in [7, 11) is 1.78. The lowest BCUT2D eigenvalue weighted by atomic mass is 9.77. The van der Waals surface area contributed by atoms with Crippen LogP contribution in [0, 0.1) is 5.41 Å². The molecular formula is C15H23NO2. The Hall–Kier alpha value is -1.06. The predicted octanol–water partition coefficient (Wildman–Crippen LogP) is 2.93. The molecule has 1 heterocycles. The van der Waals surface area contributed by atoms with Gasteiger partial charge < -0.3 is 14.8 Å². The third kappa shape index (κ3) is 3.72. The van der Waals surface area contributed by atoms with E-state index in [-0.39, 0.29) is 0 Å². The molecule has 3 heteroatoms. The van der Waals surface area contributed by atoms with Crippen molar-refractivity contribution in [3.8, 4) is 0 Å². The van der Waals surface area contributed by atoms with Crippen molar-refractivity contribution in [3.05, 3.63) is 30.3 Å². The van der Waals surface area contributed by atoms with E-state index < -0.39 is 0 Å². The molecule has 1 aliphatic rings. The Morgan fingerprint density at radius 3 is 2.61 bits per heavy atom. The molecule has 0 aliphatic carbocycles. The maximum Gasteiger partial charge on any atom is 0.0472 e. The first-order chi connectivity index (χ1) is 8.85. The molecule has 0 unspecified atom stereocenters. The number of hydrogen-bond donors (Lipinski definition) is 1. The molecule has 0 spiro atoms. The van der Waals surface area contributed by atoms with Crippen molar-refractivity contribution < 1.29 is 9.47 Å². The zero-order valence-electron chi connectivity index (χ0n) is 11.2. The van der Waals surface area contributed by atoms with Gasteiger partial charge in [-0.3, -0.25) is 0 Å². The van der Waals surface area contributed by atoms with Gasteiger partial charge in [0.15, 0.2) is 0 Å². The van der Waals surface area contributed by atoms with Crippen molar-refractivity contribution >= 4 is 5.69 Å². The molecule has 0 aromatic heterocycles. The molecule has 0 atom stereocenters. The quantitative estimate of drug-likeness (QED) is 0.841. The van der Waals surface area contributed by atoms with Gasteiger partial charge >= 0.3 is 0 Å². The van der Waals surface area contributed by atoms with E-state index in [2.05, 4.69) is 29.6 Å². The van der Waals surface area contributed by atoms with Crippen LogP contribution < -0.4 is 5.32 Å². The van der Waals surface area contributed by atoms with Crippen LogP contribution in [0.2, 0.25) is 0 Å². The van der Waals surface area contributed by atoms with E-state index in [0.29, 0.717) is 5.41 Å². The summed E-state index contributed by atoms with van der Waals surface area (Å²) < 4.78 is 10.7. The van der Waals surface area contributed by atoms with Gasteiger partial charge in [-0.1, -0.05) is 18.2 Å². The fraction of sp³-hybridized carbons (Fsp3) is 0.600. The van der Waals surface area contributed by atoms with Crippen LogP contribution in [0.4, 0.5) is 5.69 Å². The van der Waals surface area contributed by atoms with Crippen molar-refractivity contribution in [2.75, 3.05) is 38.8 Å². The number of nitrogens with one attached hydrogen (secondary N) is 1. The van der Waals surface area contributed by atoms with Crippen LogP contribution in [-0.2, 0) is 9.47 Å². The molecule has 0 radical (unpaired) electrons. The highest BCUT2D eigenvalue weighted by atomic mass is 16.5. The molecule has 1 saturated heterocycles. The summed E-state index contributed by atoms with van der Waals surface area (Å²) in [5.41, 5.74) is 1.52. The number of hydrogen-bond acceptors (Lipinski definition) is 3. The zero-order chi connectivity index (χ0) is 12.7. The van der Waals surface area contributed by atoms with Crippen LogP contribution in [0.3, 0.4) is 0 Å². The number of para-hydroxylation sites is 1. The van der Waals surface area contributed by atoms with E-state index in [1.54, 1.807) is 7.11 Å². The minimum atomic E-state index is 0.324. The summed E-state index contributed by atoms with van der Waals surface area (Å²) in [6, 6.07) is 10.4. The van der Waals surface area contributed by atoms with E-state index in [1.807, 2.05) is 6.07 Å². The van der Waals surface area contributed by atoms with Crippen LogP contribution >= 0.6 is 0 Å². The predicted molar refractivity (Wildman–Crippen MR) is 73.9 cm³/mol. The van der Waals surface area contributed by atoms with Crippen LogP contribution in [0.25, 0.3) is 0 Å². The number of ether oxygens (including phenoxy) is 2. The molecule has 100 valence electrons. The third-order valence-corrected chi connectivity index (χ3v) is 3.83. The Balaban J connectivity index is 1.92. The normalized spacial score (nSPS) is 18.5. The first-order valence-electron chi connectivity index (χ1n) is 6.70. The van der Waals surface area contributed by atoms with Gasteiger partial charge in [-0.25, -0.2) is 0 Å². The summed E-state index contributed by atoms with van der Waals surface area (Å²) in [5.74, 6) is 0. The van der Waals surface area contributed by atoms with Gasteiger partial charge in [0.1, 0.15) is 0 Å². The van der Waals surface area contributed by atoms with E-state index >= 15 is 0 Å². The molecule has 18 heavy (non-hydrogen) atoms. The fourth-order valence-corrected chi connectivity index (χ4v) is 2.48. The molecule has 1 aromatic carbocycles. The fourth-order valence-electron chi connectivity index (χ4n) is 2.48. The molecule has 1 N–H and O–H groups in total. The minimum Gasteiger partial charge on any atom is -0.385 e. The van der Waals surface area contributed by atoms with Crippen LogP contribution in [-0.4, -0.2) is 33.5 Å². The van der Waals surface area contributed by atoms with E-state index in [9.17, 15) is 0 Å². The molecule has 0 amide bonds. The summed E-state index contributed by atoms with van der Waals surface area (Å²) in [6.45, 7) is 3.58. The highest BCUT2D eigenvalue weighted by Gasteiger charge is 2.31. The molecule has 1 aromatic rings. The second-order valence-corrected chi connectivity index (χ2v) is 5.07. The van der Waals surface area contributed by atoms with E-state index in [4.69, 9.17) is 9.47 Å². The van der Waals surface area contributed by atoms with Gasteiger partial charge in [0, 0.05) is 39.2 Å². The van der Waals surface area contributed by atoms with Gasteiger partial charge in [0.05, 0.1) is 0 Å². The summed E-state index contributed by atoms with van der Waals surface area (Å²) >= 11 is 0. The van der Waals surface area contributed by atoms with Gasteiger partial charge in [-0.05, 0) is 36.8 Å². The highest BCUT2D eigenvalue weighted by molar-refractivity contribution is 5.42. The number of anilines is 1. The first-order valence-corrected chi connectivity index (χ1v) is 6.70. The SMILES string of the molecule is COCCC1(CNc2ccccc2)CCOCC1. The Kier molecular flexibility index (Phi) is 5.02. The molecule has 1 aliphatic heterocycles. The molecule has 0 bridgehead atoms. The maximum absolute atomic E-state index is 5.49. The minimum absolute atomic E-state index is 0.324. The molecule has 1 fully saturated rings. The summed E-state index contributed by atoms with van der Waals surface area (Å²) in [6.07, 6.45) is 3.35. The third-order valence-electron chi connectivity index (χ3n) is 3.83. The van der Waals surface area contributed by atoms with Gasteiger partial charge in [-0.15, -0.1) is 0 Å². The van der Waals surface area contributed by atoms with E-state index in [1.165, 1.54) is 5.69 Å². The lowest BCUT2D eigenvalue weighted by Crippen LogP contribution is -2.37. The maximum atomic E-state index is 5.49. The van der Waals surface area contributed by atoms with Crippen LogP contribution in [0.15, 0.2) is 30.3 Å². The standard InChI is InChI=1S/C15H23NO2/c1-17-10-7-15(8-11-18-12-9-15)13-16-14-5-3-2-4-6-14/h2-6,16H,7-13H2,1H3. The molecule has 3 nitrogen and oxygen atoms in total. The Bertz CT molecular complexity index is 334. The van der Waals surface area contributed by atoms with Crippen LogP contribution in [0.5, 0.6) is 0 Å². The van der Waals surface area contributed by atoms with Crippen LogP contribution in [0.1, 0.15) is 19.3 Å². The monoisotopic (exact) mass is 249 g/mol. The highest BCUT2D eigenvalue weighted by Crippen LogP contribution is 2.34. The second-order valence-electron chi connectivity index (χ2n) is 5.07. The molecular weight excluding hydrogens is 226 g/mol. The van der Waals surface area contributed by atoms with Gasteiger partial charge in [-0.2, -0.15) is 0 Å². The lowest BCUT2D eigenvalue weighted by Gasteiger charge is -2.37. The van der Waals surface area contributed by atoms with Gasteiger partial charge in [0.2, 0.25) is 0 Å². The molecule has 2 rings (SSSR count). The Labute approximate surface area is 109 Å². The van der Waals surface area contributed by atoms with Crippen molar-refractivity contribution in [1.29, 1.82) is 0 Å².